The minimum atomic E-state index is -0.967. The number of carbonyl (C=O) groups is 1. The summed E-state index contributed by atoms with van der Waals surface area (Å²) in [6.07, 6.45) is 0. The molecule has 0 spiro atoms. The Balaban J connectivity index is 2.26. The molecule has 21 heavy (non-hydrogen) atoms. The van der Waals surface area contributed by atoms with Gasteiger partial charge in [0.1, 0.15) is 0 Å². The van der Waals surface area contributed by atoms with Crippen LogP contribution in [-0.2, 0) is 0 Å². The predicted molar refractivity (Wildman–Crippen MR) is 79.3 cm³/mol. The fourth-order valence-corrected chi connectivity index (χ4v) is 2.09. The smallest absolute Gasteiger partial charge is 0.335 e. The Hall–Kier alpha value is -2.89. The van der Waals surface area contributed by atoms with E-state index in [-0.39, 0.29) is 11.3 Å². The number of nitro benzene ring substituents is 1. The number of anilines is 2. The molecule has 0 saturated heterocycles. The van der Waals surface area contributed by atoms with Gasteiger partial charge in [-0.3, -0.25) is 10.1 Å². The Morgan fingerprint density at radius 3 is 2.14 bits per heavy atom. The van der Waals surface area contributed by atoms with E-state index in [1.54, 1.807) is 38.1 Å². The zero-order valence-electron chi connectivity index (χ0n) is 11.6. The fraction of sp³-hybridized carbons (Fsp3) is 0.133. The van der Waals surface area contributed by atoms with Gasteiger partial charge >= 0.3 is 5.97 Å². The summed E-state index contributed by atoms with van der Waals surface area (Å²) in [4.78, 5) is 21.3. The van der Waals surface area contributed by atoms with Gasteiger partial charge in [0.05, 0.1) is 10.5 Å². The molecule has 0 unspecified atom stereocenters. The van der Waals surface area contributed by atoms with Gasteiger partial charge in [-0.25, -0.2) is 4.79 Å². The van der Waals surface area contributed by atoms with E-state index in [0.717, 1.165) is 5.69 Å². The van der Waals surface area contributed by atoms with Crippen molar-refractivity contribution < 1.29 is 14.8 Å². The van der Waals surface area contributed by atoms with E-state index in [1.165, 1.54) is 12.1 Å². The summed E-state index contributed by atoms with van der Waals surface area (Å²) in [5.41, 5.74) is 2.96. The van der Waals surface area contributed by atoms with Crippen molar-refractivity contribution in [2.75, 3.05) is 5.32 Å². The average Bonchev–Trinajstić information content (AvgIpc) is 2.37. The Morgan fingerprint density at radius 2 is 1.67 bits per heavy atom. The maximum atomic E-state index is 11.0. The molecular formula is C15H14N2O4. The van der Waals surface area contributed by atoms with Crippen LogP contribution < -0.4 is 5.32 Å². The number of nitro groups is 1. The predicted octanol–water partition coefficient (Wildman–Crippen LogP) is 3.65. The van der Waals surface area contributed by atoms with Crippen LogP contribution in [0.1, 0.15) is 21.5 Å². The molecule has 0 bridgehead atoms. The van der Waals surface area contributed by atoms with Gasteiger partial charge in [0, 0.05) is 23.0 Å². The van der Waals surface area contributed by atoms with Crippen LogP contribution in [0.4, 0.5) is 17.1 Å². The SMILES string of the molecule is Cc1cc(Nc2ccc([N+](=O)[O-])c(C)c2)ccc1C(=O)O. The van der Waals surface area contributed by atoms with Crippen LogP contribution in [0.15, 0.2) is 36.4 Å². The minimum absolute atomic E-state index is 0.0676. The lowest BCUT2D eigenvalue weighted by atomic mass is 10.1. The average molecular weight is 286 g/mol. The normalized spacial score (nSPS) is 10.2. The molecule has 0 amide bonds. The molecule has 0 atom stereocenters. The number of rotatable bonds is 4. The topological polar surface area (TPSA) is 92.5 Å². The fourth-order valence-electron chi connectivity index (χ4n) is 2.09. The zero-order valence-corrected chi connectivity index (χ0v) is 11.6. The summed E-state index contributed by atoms with van der Waals surface area (Å²) in [5.74, 6) is -0.967. The van der Waals surface area contributed by atoms with Gasteiger partial charge in [-0.1, -0.05) is 0 Å². The molecule has 0 saturated carbocycles. The second-order valence-electron chi connectivity index (χ2n) is 4.72. The van der Waals surface area contributed by atoms with Crippen molar-refractivity contribution in [1.29, 1.82) is 0 Å². The first-order valence-electron chi connectivity index (χ1n) is 6.24. The third kappa shape index (κ3) is 3.17. The molecule has 2 rings (SSSR count). The number of nitrogens with one attached hydrogen (secondary N) is 1. The van der Waals surface area contributed by atoms with Crippen LogP contribution in [0.25, 0.3) is 0 Å². The van der Waals surface area contributed by atoms with E-state index < -0.39 is 10.9 Å². The molecule has 0 fully saturated rings. The maximum absolute atomic E-state index is 11.0. The molecule has 108 valence electrons. The van der Waals surface area contributed by atoms with Crippen molar-refractivity contribution in [3.8, 4) is 0 Å². The van der Waals surface area contributed by atoms with Gasteiger partial charge in [-0.05, 0) is 49.7 Å². The van der Waals surface area contributed by atoms with Gasteiger partial charge in [0.15, 0.2) is 0 Å². The van der Waals surface area contributed by atoms with E-state index in [0.29, 0.717) is 16.8 Å². The van der Waals surface area contributed by atoms with Crippen molar-refractivity contribution in [1.82, 2.24) is 0 Å². The molecule has 2 aromatic carbocycles. The molecule has 6 heteroatoms. The lowest BCUT2D eigenvalue weighted by Gasteiger charge is -2.09. The Bertz CT molecular complexity index is 664. The molecule has 0 aromatic heterocycles. The van der Waals surface area contributed by atoms with Gasteiger partial charge < -0.3 is 10.4 Å². The van der Waals surface area contributed by atoms with Crippen molar-refractivity contribution in [2.45, 2.75) is 13.8 Å². The van der Waals surface area contributed by atoms with E-state index in [9.17, 15) is 14.9 Å². The number of nitrogens with zero attached hydrogens (tertiary/aromatic N) is 1. The summed E-state index contributed by atoms with van der Waals surface area (Å²) >= 11 is 0. The van der Waals surface area contributed by atoms with Crippen molar-refractivity contribution >= 4 is 23.0 Å². The van der Waals surface area contributed by atoms with E-state index >= 15 is 0 Å². The highest BCUT2D eigenvalue weighted by molar-refractivity contribution is 5.90. The van der Waals surface area contributed by atoms with E-state index in [4.69, 9.17) is 5.11 Å². The first-order chi connectivity index (χ1) is 9.88. The third-order valence-corrected chi connectivity index (χ3v) is 3.14. The monoisotopic (exact) mass is 286 g/mol. The van der Waals surface area contributed by atoms with Gasteiger partial charge in [-0.2, -0.15) is 0 Å². The van der Waals surface area contributed by atoms with Crippen LogP contribution in [0, 0.1) is 24.0 Å². The summed E-state index contributed by atoms with van der Waals surface area (Å²) in [6.45, 7) is 3.39. The summed E-state index contributed by atoms with van der Waals surface area (Å²) in [5, 5.41) is 22.9. The first-order valence-corrected chi connectivity index (χ1v) is 6.24. The molecule has 0 aliphatic carbocycles. The van der Waals surface area contributed by atoms with Crippen molar-refractivity contribution in [3.63, 3.8) is 0 Å². The van der Waals surface area contributed by atoms with Crippen LogP contribution in [0.5, 0.6) is 0 Å². The number of aromatic carboxylic acids is 1. The van der Waals surface area contributed by atoms with Crippen LogP contribution in [0.2, 0.25) is 0 Å². The second kappa shape index (κ2) is 5.62. The van der Waals surface area contributed by atoms with Crippen LogP contribution in [0.3, 0.4) is 0 Å². The second-order valence-corrected chi connectivity index (χ2v) is 4.72. The number of aryl methyl sites for hydroxylation is 2. The molecule has 6 nitrogen and oxygen atoms in total. The van der Waals surface area contributed by atoms with Crippen molar-refractivity contribution in [3.05, 3.63) is 63.2 Å². The lowest BCUT2D eigenvalue weighted by Crippen LogP contribution is -2.00. The number of hydrogen-bond acceptors (Lipinski definition) is 4. The molecule has 0 radical (unpaired) electrons. The quantitative estimate of drug-likeness (QED) is 0.661. The standard InChI is InChI=1S/C15H14N2O4/c1-9-7-11(3-5-13(9)15(18)19)16-12-4-6-14(17(20)21)10(2)8-12/h3-8,16H,1-2H3,(H,18,19). The number of benzene rings is 2. The van der Waals surface area contributed by atoms with Gasteiger partial charge in [0.25, 0.3) is 5.69 Å². The van der Waals surface area contributed by atoms with Gasteiger partial charge in [0.2, 0.25) is 0 Å². The van der Waals surface area contributed by atoms with Crippen LogP contribution >= 0.6 is 0 Å². The number of hydrogen-bond donors (Lipinski definition) is 2. The lowest BCUT2D eigenvalue weighted by molar-refractivity contribution is -0.385. The van der Waals surface area contributed by atoms with Crippen LogP contribution in [-0.4, -0.2) is 16.0 Å². The number of carboxylic acid groups (broad SMARTS) is 1. The Kier molecular flexibility index (Phi) is 3.89. The van der Waals surface area contributed by atoms with Gasteiger partial charge in [-0.15, -0.1) is 0 Å². The molecule has 2 N–H and O–H groups in total. The highest BCUT2D eigenvalue weighted by atomic mass is 16.6. The third-order valence-electron chi connectivity index (χ3n) is 3.14. The first kappa shape index (κ1) is 14.5. The molecule has 0 aliphatic heterocycles. The maximum Gasteiger partial charge on any atom is 0.335 e. The van der Waals surface area contributed by atoms with E-state index in [2.05, 4.69) is 5.32 Å². The Labute approximate surface area is 121 Å². The van der Waals surface area contributed by atoms with Crippen molar-refractivity contribution in [2.24, 2.45) is 0 Å². The van der Waals surface area contributed by atoms with E-state index in [1.807, 2.05) is 0 Å². The highest BCUT2D eigenvalue weighted by Gasteiger charge is 2.11. The Morgan fingerprint density at radius 1 is 1.10 bits per heavy atom. The number of carboxylic acids is 1. The molecule has 0 heterocycles. The molecule has 2 aromatic rings. The molecular weight excluding hydrogens is 272 g/mol. The summed E-state index contributed by atoms with van der Waals surface area (Å²) < 4.78 is 0. The zero-order chi connectivity index (χ0) is 15.6. The summed E-state index contributed by atoms with van der Waals surface area (Å²) in [7, 11) is 0. The highest BCUT2D eigenvalue weighted by Crippen LogP contribution is 2.25. The molecule has 0 aliphatic rings. The largest absolute Gasteiger partial charge is 0.478 e. The minimum Gasteiger partial charge on any atom is -0.478 e. The summed E-state index contributed by atoms with van der Waals surface area (Å²) in [6, 6.07) is 9.64.